The summed E-state index contributed by atoms with van der Waals surface area (Å²) in [5, 5.41) is 14.1. The Balaban J connectivity index is 2.01. The van der Waals surface area contributed by atoms with Gasteiger partial charge in [0.2, 0.25) is 0 Å². The van der Waals surface area contributed by atoms with Gasteiger partial charge in [-0.2, -0.15) is 0 Å². The molecule has 0 aliphatic carbocycles. The van der Waals surface area contributed by atoms with Gasteiger partial charge in [0, 0.05) is 5.69 Å². The zero-order chi connectivity index (χ0) is 15.0. The molecule has 3 rings (SSSR count). The summed E-state index contributed by atoms with van der Waals surface area (Å²) in [6, 6.07) is 6.55. The van der Waals surface area contributed by atoms with Crippen molar-refractivity contribution in [1.29, 1.82) is 0 Å². The molecule has 0 saturated heterocycles. The van der Waals surface area contributed by atoms with Crippen LogP contribution < -0.4 is 10.9 Å². The lowest BCUT2D eigenvalue weighted by Crippen LogP contribution is -2.20. The van der Waals surface area contributed by atoms with Crippen LogP contribution in [0.3, 0.4) is 0 Å². The zero-order valence-corrected chi connectivity index (χ0v) is 11.2. The Morgan fingerprint density at radius 2 is 1.95 bits per heavy atom. The number of hydrogen-bond acceptors (Lipinski definition) is 5. The Morgan fingerprint density at radius 3 is 2.67 bits per heavy atom. The van der Waals surface area contributed by atoms with Gasteiger partial charge in [-0.1, -0.05) is 0 Å². The maximum atomic E-state index is 12.8. The van der Waals surface area contributed by atoms with E-state index >= 15 is 0 Å². The molecule has 2 aromatic heterocycles. The first-order valence-corrected chi connectivity index (χ1v) is 6.74. The third-order valence-corrected chi connectivity index (χ3v) is 3.72. The molecule has 0 fully saturated rings. The van der Waals surface area contributed by atoms with E-state index in [1.807, 2.05) is 0 Å². The molecule has 21 heavy (non-hydrogen) atoms. The largest absolute Gasteiger partial charge is 0.505 e. The monoisotopic (exact) mass is 305 g/mol. The molecule has 2 N–H and O–H groups in total. The SMILES string of the molecule is O=C(Nc1ccc(F)cc1)c1c(O)c2sccc2oc1=O. The number of aromatic hydroxyl groups is 1. The van der Waals surface area contributed by atoms with E-state index in [4.69, 9.17) is 4.42 Å². The van der Waals surface area contributed by atoms with Crippen LogP contribution in [-0.4, -0.2) is 11.0 Å². The van der Waals surface area contributed by atoms with Crippen LogP contribution in [0.4, 0.5) is 10.1 Å². The van der Waals surface area contributed by atoms with Crippen molar-refractivity contribution in [3.05, 3.63) is 57.5 Å². The molecule has 0 aliphatic rings. The predicted molar refractivity (Wildman–Crippen MR) is 76.4 cm³/mol. The van der Waals surface area contributed by atoms with Crippen molar-refractivity contribution >= 4 is 33.2 Å². The summed E-state index contributed by atoms with van der Waals surface area (Å²) in [7, 11) is 0. The quantitative estimate of drug-likeness (QED) is 0.763. The number of thiophene rings is 1. The zero-order valence-electron chi connectivity index (χ0n) is 10.4. The number of amides is 1. The lowest BCUT2D eigenvalue weighted by molar-refractivity contribution is 0.102. The number of halogens is 1. The normalized spacial score (nSPS) is 10.7. The summed E-state index contributed by atoms with van der Waals surface area (Å²) in [6.45, 7) is 0. The fourth-order valence-electron chi connectivity index (χ4n) is 1.84. The lowest BCUT2D eigenvalue weighted by atomic mass is 10.2. The average Bonchev–Trinajstić information content (AvgIpc) is 2.90. The van der Waals surface area contributed by atoms with Crippen molar-refractivity contribution in [3.63, 3.8) is 0 Å². The first-order valence-electron chi connectivity index (χ1n) is 5.86. The number of benzene rings is 1. The summed E-state index contributed by atoms with van der Waals surface area (Å²) in [6.07, 6.45) is 0. The molecule has 0 atom stereocenters. The molecule has 0 saturated carbocycles. The second-order valence-corrected chi connectivity index (χ2v) is 5.10. The van der Waals surface area contributed by atoms with Gasteiger partial charge in [0.25, 0.3) is 5.91 Å². The maximum Gasteiger partial charge on any atom is 0.353 e. The van der Waals surface area contributed by atoms with Crippen LogP contribution in [0.2, 0.25) is 0 Å². The molecule has 2 heterocycles. The van der Waals surface area contributed by atoms with Crippen molar-refractivity contribution in [2.75, 3.05) is 5.32 Å². The van der Waals surface area contributed by atoms with Crippen molar-refractivity contribution in [2.24, 2.45) is 0 Å². The van der Waals surface area contributed by atoms with Crippen molar-refractivity contribution < 1.29 is 18.7 Å². The van der Waals surface area contributed by atoms with Crippen molar-refractivity contribution in [3.8, 4) is 5.75 Å². The van der Waals surface area contributed by atoms with Gasteiger partial charge >= 0.3 is 5.63 Å². The minimum absolute atomic E-state index is 0.223. The van der Waals surface area contributed by atoms with E-state index in [2.05, 4.69) is 5.32 Å². The number of carbonyl (C=O) groups is 1. The number of anilines is 1. The Morgan fingerprint density at radius 1 is 1.24 bits per heavy atom. The molecule has 0 bridgehead atoms. The van der Waals surface area contributed by atoms with E-state index in [-0.39, 0.29) is 5.58 Å². The summed E-state index contributed by atoms with van der Waals surface area (Å²) >= 11 is 1.15. The molecule has 0 unspecified atom stereocenters. The Bertz CT molecular complexity index is 882. The van der Waals surface area contributed by atoms with Crippen LogP contribution >= 0.6 is 11.3 Å². The van der Waals surface area contributed by atoms with E-state index in [9.17, 15) is 19.1 Å². The second-order valence-electron chi connectivity index (χ2n) is 4.19. The summed E-state index contributed by atoms with van der Waals surface area (Å²) in [4.78, 5) is 23.9. The Kier molecular flexibility index (Phi) is 3.19. The second kappa shape index (κ2) is 5.02. The summed E-state index contributed by atoms with van der Waals surface area (Å²) < 4.78 is 18.1. The van der Waals surface area contributed by atoms with Crippen molar-refractivity contribution in [2.45, 2.75) is 0 Å². The third-order valence-electron chi connectivity index (χ3n) is 2.82. The minimum atomic E-state index is -0.932. The number of nitrogens with one attached hydrogen (secondary N) is 1. The van der Waals surface area contributed by atoms with E-state index < -0.39 is 28.7 Å². The van der Waals surface area contributed by atoms with Gasteiger partial charge in [0.05, 0.1) is 0 Å². The van der Waals surface area contributed by atoms with Gasteiger partial charge in [-0.25, -0.2) is 9.18 Å². The summed E-state index contributed by atoms with van der Waals surface area (Å²) in [5.74, 6) is -1.69. The topological polar surface area (TPSA) is 79.5 Å². The van der Waals surface area contributed by atoms with Gasteiger partial charge in [0.15, 0.2) is 16.9 Å². The smallest absolute Gasteiger partial charge is 0.353 e. The Labute approximate surface area is 121 Å². The van der Waals surface area contributed by atoms with Crippen LogP contribution in [0.5, 0.6) is 5.75 Å². The van der Waals surface area contributed by atoms with E-state index in [0.717, 1.165) is 11.3 Å². The van der Waals surface area contributed by atoms with Gasteiger partial charge in [-0.15, -0.1) is 11.3 Å². The van der Waals surface area contributed by atoms with Gasteiger partial charge in [-0.3, -0.25) is 4.79 Å². The molecule has 5 nitrogen and oxygen atoms in total. The number of rotatable bonds is 2. The first kappa shape index (κ1) is 13.3. The molecule has 0 radical (unpaired) electrons. The number of fused-ring (bicyclic) bond motifs is 1. The van der Waals surface area contributed by atoms with Gasteiger partial charge < -0.3 is 14.8 Å². The van der Waals surface area contributed by atoms with Gasteiger partial charge in [-0.05, 0) is 35.7 Å². The van der Waals surface area contributed by atoms with Crippen LogP contribution in [0.15, 0.2) is 44.9 Å². The number of hydrogen-bond donors (Lipinski definition) is 2. The fourth-order valence-corrected chi connectivity index (χ4v) is 2.61. The fraction of sp³-hybridized carbons (Fsp3) is 0. The highest BCUT2D eigenvalue weighted by molar-refractivity contribution is 7.17. The number of carbonyl (C=O) groups excluding carboxylic acids is 1. The molecule has 106 valence electrons. The highest BCUT2D eigenvalue weighted by Crippen LogP contribution is 2.31. The average molecular weight is 305 g/mol. The lowest BCUT2D eigenvalue weighted by Gasteiger charge is -2.06. The van der Waals surface area contributed by atoms with Crippen LogP contribution in [0.25, 0.3) is 10.3 Å². The minimum Gasteiger partial charge on any atom is -0.505 e. The van der Waals surface area contributed by atoms with E-state index in [1.165, 1.54) is 30.3 Å². The predicted octanol–water partition coefficient (Wildman–Crippen LogP) is 2.95. The van der Waals surface area contributed by atoms with Crippen LogP contribution in [0, 0.1) is 5.82 Å². The highest BCUT2D eigenvalue weighted by Gasteiger charge is 2.21. The highest BCUT2D eigenvalue weighted by atomic mass is 32.1. The van der Waals surface area contributed by atoms with E-state index in [1.54, 1.807) is 5.38 Å². The molecule has 7 heteroatoms. The van der Waals surface area contributed by atoms with Crippen molar-refractivity contribution in [1.82, 2.24) is 0 Å². The molecule has 1 aromatic carbocycles. The first-order chi connectivity index (χ1) is 10.1. The maximum absolute atomic E-state index is 12.8. The molecule has 0 aliphatic heterocycles. The van der Waals surface area contributed by atoms with Crippen LogP contribution in [-0.2, 0) is 0 Å². The standard InChI is InChI=1S/C14H8FNO4S/c15-7-1-3-8(4-2-7)16-13(18)10-11(17)12-9(5-6-21-12)20-14(10)19/h1-6,17H,(H,16,18). The van der Waals surface area contributed by atoms with E-state index in [0.29, 0.717) is 10.4 Å². The summed E-state index contributed by atoms with van der Waals surface area (Å²) in [5.41, 5.74) is -0.889. The third kappa shape index (κ3) is 2.38. The van der Waals surface area contributed by atoms with Crippen LogP contribution in [0.1, 0.15) is 10.4 Å². The Hall–Kier alpha value is -2.67. The molecular formula is C14H8FNO4S. The molecule has 0 spiro atoms. The molecule has 3 aromatic rings. The molecular weight excluding hydrogens is 297 g/mol. The van der Waals surface area contributed by atoms with Gasteiger partial charge in [0.1, 0.15) is 10.5 Å². The molecule has 1 amide bonds.